The van der Waals surface area contributed by atoms with E-state index < -0.39 is 0 Å². The molecule has 0 aliphatic carbocycles. The molecule has 0 atom stereocenters. The van der Waals surface area contributed by atoms with E-state index in [-0.39, 0.29) is 18.6 Å². The van der Waals surface area contributed by atoms with Gasteiger partial charge in [0.15, 0.2) is 6.61 Å². The fourth-order valence-corrected chi connectivity index (χ4v) is 2.11. The van der Waals surface area contributed by atoms with Gasteiger partial charge in [-0.1, -0.05) is 0 Å². The van der Waals surface area contributed by atoms with Gasteiger partial charge >= 0.3 is 0 Å². The van der Waals surface area contributed by atoms with E-state index in [1.807, 2.05) is 6.07 Å². The maximum Gasteiger partial charge on any atom is 0.260 e. The number of nitrogens with zero attached hydrogens (tertiary/aromatic N) is 4. The van der Waals surface area contributed by atoms with Crippen molar-refractivity contribution in [3.63, 3.8) is 0 Å². The van der Waals surface area contributed by atoms with Gasteiger partial charge in [0, 0.05) is 12.4 Å². The van der Waals surface area contributed by atoms with Crippen LogP contribution in [0.5, 0.6) is 11.6 Å². The van der Waals surface area contributed by atoms with Gasteiger partial charge in [0.25, 0.3) is 5.91 Å². The smallest absolute Gasteiger partial charge is 0.260 e. The Kier molecular flexibility index (Phi) is 4.34. The molecule has 1 fully saturated rings. The second-order valence-corrected chi connectivity index (χ2v) is 4.98. The number of nitriles is 1. The normalized spacial score (nSPS) is 13.8. The largest absolute Gasteiger partial charge is 0.482 e. The number of hydrogen-bond donors (Lipinski definition) is 0. The van der Waals surface area contributed by atoms with E-state index in [9.17, 15) is 4.79 Å². The van der Waals surface area contributed by atoms with Crippen molar-refractivity contribution in [3.8, 4) is 17.7 Å². The van der Waals surface area contributed by atoms with Gasteiger partial charge in [0.2, 0.25) is 5.88 Å². The Hall–Kier alpha value is -3.14. The molecule has 2 aromatic rings. The molecule has 1 amide bonds. The van der Waals surface area contributed by atoms with Gasteiger partial charge in [-0.2, -0.15) is 5.26 Å². The van der Waals surface area contributed by atoms with Crippen molar-refractivity contribution in [2.45, 2.75) is 6.10 Å². The first-order valence-electron chi connectivity index (χ1n) is 7.08. The van der Waals surface area contributed by atoms with E-state index in [2.05, 4.69) is 9.97 Å². The summed E-state index contributed by atoms with van der Waals surface area (Å²) >= 11 is 0. The van der Waals surface area contributed by atoms with Crippen LogP contribution in [0, 0.1) is 11.3 Å². The number of carbonyl (C=O) groups is 1. The van der Waals surface area contributed by atoms with Gasteiger partial charge in [-0.15, -0.1) is 0 Å². The van der Waals surface area contributed by atoms with Crippen LogP contribution in [0.4, 0.5) is 0 Å². The van der Waals surface area contributed by atoms with Gasteiger partial charge < -0.3 is 14.4 Å². The average Bonchev–Trinajstić information content (AvgIpc) is 2.57. The lowest BCUT2D eigenvalue weighted by atomic mass is 10.1. The Morgan fingerprint density at radius 2 is 2.17 bits per heavy atom. The van der Waals surface area contributed by atoms with Gasteiger partial charge in [-0.25, -0.2) is 4.98 Å². The van der Waals surface area contributed by atoms with Crippen LogP contribution in [0.2, 0.25) is 0 Å². The molecule has 0 unspecified atom stereocenters. The van der Waals surface area contributed by atoms with Crippen LogP contribution < -0.4 is 9.47 Å². The minimum absolute atomic E-state index is 0.0363. The second-order valence-electron chi connectivity index (χ2n) is 4.98. The number of ether oxygens (including phenoxy) is 2. The molecule has 0 radical (unpaired) electrons. The van der Waals surface area contributed by atoms with Crippen LogP contribution in [0.1, 0.15) is 5.56 Å². The Labute approximate surface area is 133 Å². The minimum atomic E-state index is -0.153. The Morgan fingerprint density at radius 1 is 1.35 bits per heavy atom. The van der Waals surface area contributed by atoms with E-state index in [4.69, 9.17) is 14.7 Å². The van der Waals surface area contributed by atoms with Crippen molar-refractivity contribution in [1.82, 2.24) is 14.9 Å². The molecule has 0 bridgehead atoms. The van der Waals surface area contributed by atoms with E-state index in [1.54, 1.807) is 47.8 Å². The quantitative estimate of drug-likeness (QED) is 0.819. The molecule has 1 saturated heterocycles. The molecule has 116 valence electrons. The molecule has 0 N–H and O–H groups in total. The third kappa shape index (κ3) is 3.55. The molecule has 2 aromatic heterocycles. The third-order valence-electron chi connectivity index (χ3n) is 3.37. The van der Waals surface area contributed by atoms with Gasteiger partial charge in [-0.05, 0) is 24.3 Å². The highest BCUT2D eigenvalue weighted by Gasteiger charge is 2.33. The number of amides is 1. The van der Waals surface area contributed by atoms with E-state index in [1.165, 1.54) is 0 Å². The van der Waals surface area contributed by atoms with Crippen molar-refractivity contribution in [2.75, 3.05) is 19.7 Å². The molecule has 7 heteroatoms. The number of aromatic nitrogens is 2. The summed E-state index contributed by atoms with van der Waals surface area (Å²) < 4.78 is 11.0. The van der Waals surface area contributed by atoms with Crippen LogP contribution in [-0.2, 0) is 4.79 Å². The summed E-state index contributed by atoms with van der Waals surface area (Å²) in [4.78, 5) is 21.6. The first kappa shape index (κ1) is 14.8. The van der Waals surface area contributed by atoms with E-state index in [0.717, 1.165) is 0 Å². The highest BCUT2D eigenvalue weighted by Crippen LogP contribution is 2.19. The van der Waals surface area contributed by atoms with E-state index in [0.29, 0.717) is 30.3 Å². The fourth-order valence-electron chi connectivity index (χ4n) is 2.11. The van der Waals surface area contributed by atoms with Crippen molar-refractivity contribution in [3.05, 3.63) is 48.4 Å². The lowest BCUT2D eigenvalue weighted by molar-refractivity contribution is -0.142. The number of carbonyl (C=O) groups excluding carboxylic acids is 1. The summed E-state index contributed by atoms with van der Waals surface area (Å²) in [6.07, 6.45) is 4.61. The molecule has 3 rings (SSSR count). The molecule has 23 heavy (non-hydrogen) atoms. The van der Waals surface area contributed by atoms with Crippen molar-refractivity contribution in [1.29, 1.82) is 5.26 Å². The maximum atomic E-state index is 12.0. The standard InChI is InChI=1S/C16H14N4O3/c17-7-12-3-1-6-19-16(12)23-14-9-20(10-14)15(21)11-22-13-4-2-5-18-8-13/h1-6,8,14H,9-11H2. The third-order valence-corrected chi connectivity index (χ3v) is 3.37. The maximum absolute atomic E-state index is 12.0. The zero-order valence-electron chi connectivity index (χ0n) is 12.3. The Morgan fingerprint density at radius 3 is 2.91 bits per heavy atom. The Balaban J connectivity index is 1.45. The van der Waals surface area contributed by atoms with Gasteiger partial charge in [0.1, 0.15) is 23.5 Å². The summed E-state index contributed by atoms with van der Waals surface area (Å²) in [5.74, 6) is 0.746. The number of likely N-dealkylation sites (tertiary alicyclic amines) is 1. The Bertz CT molecular complexity index is 724. The monoisotopic (exact) mass is 310 g/mol. The minimum Gasteiger partial charge on any atom is -0.482 e. The molecular weight excluding hydrogens is 296 g/mol. The number of hydrogen-bond acceptors (Lipinski definition) is 6. The van der Waals surface area contributed by atoms with Crippen LogP contribution >= 0.6 is 0 Å². The van der Waals surface area contributed by atoms with Crippen LogP contribution in [-0.4, -0.2) is 46.6 Å². The number of rotatable bonds is 5. The number of pyridine rings is 2. The summed E-state index contributed by atoms with van der Waals surface area (Å²) in [5, 5.41) is 8.98. The van der Waals surface area contributed by atoms with Gasteiger partial charge in [-0.3, -0.25) is 9.78 Å². The average molecular weight is 310 g/mol. The van der Waals surface area contributed by atoms with Crippen molar-refractivity contribution in [2.24, 2.45) is 0 Å². The van der Waals surface area contributed by atoms with Gasteiger partial charge in [0.05, 0.1) is 19.3 Å². The topological polar surface area (TPSA) is 88.3 Å². The second kappa shape index (κ2) is 6.75. The molecule has 3 heterocycles. The molecule has 7 nitrogen and oxygen atoms in total. The lowest BCUT2D eigenvalue weighted by Gasteiger charge is -2.38. The van der Waals surface area contributed by atoms with Crippen LogP contribution in [0.25, 0.3) is 0 Å². The first-order valence-corrected chi connectivity index (χ1v) is 7.08. The summed E-state index contributed by atoms with van der Waals surface area (Å²) in [7, 11) is 0. The molecular formula is C16H14N4O3. The molecule has 1 aliphatic heterocycles. The zero-order valence-corrected chi connectivity index (χ0v) is 12.3. The summed E-state index contributed by atoms with van der Waals surface area (Å²) in [5.41, 5.74) is 0.386. The SMILES string of the molecule is N#Cc1cccnc1OC1CN(C(=O)COc2cccnc2)C1. The van der Waals surface area contributed by atoms with Crippen LogP contribution in [0.15, 0.2) is 42.9 Å². The highest BCUT2D eigenvalue weighted by atomic mass is 16.5. The molecule has 1 aliphatic rings. The summed E-state index contributed by atoms with van der Waals surface area (Å²) in [6.45, 7) is 0.874. The van der Waals surface area contributed by atoms with Crippen molar-refractivity contribution < 1.29 is 14.3 Å². The predicted molar refractivity (Wildman–Crippen MR) is 79.7 cm³/mol. The predicted octanol–water partition coefficient (Wildman–Crippen LogP) is 1.02. The zero-order chi connectivity index (χ0) is 16.1. The highest BCUT2D eigenvalue weighted by molar-refractivity contribution is 5.78. The van der Waals surface area contributed by atoms with Crippen LogP contribution in [0.3, 0.4) is 0 Å². The lowest BCUT2D eigenvalue weighted by Crippen LogP contribution is -2.57. The summed E-state index contributed by atoms with van der Waals surface area (Å²) in [6, 6.07) is 8.84. The molecule has 0 spiro atoms. The van der Waals surface area contributed by atoms with E-state index >= 15 is 0 Å². The first-order chi connectivity index (χ1) is 11.3. The van der Waals surface area contributed by atoms with Crippen molar-refractivity contribution >= 4 is 5.91 Å². The fraction of sp³-hybridized carbons (Fsp3) is 0.250. The molecule has 0 saturated carbocycles. The molecule has 0 aromatic carbocycles.